The Labute approximate surface area is 136 Å². The Balaban J connectivity index is 0.00000161. The van der Waals surface area contributed by atoms with E-state index in [1.54, 1.807) is 0 Å². The van der Waals surface area contributed by atoms with Gasteiger partial charge in [0.1, 0.15) is 0 Å². The van der Waals surface area contributed by atoms with Gasteiger partial charge in [0.2, 0.25) is 0 Å². The number of hydrogen-bond donors (Lipinski definition) is 0. The number of hydrogen-bond acceptors (Lipinski definition) is 0. The first-order valence-electron chi connectivity index (χ1n) is 6.81. The zero-order valence-electron chi connectivity index (χ0n) is 11.6. The molecule has 104 valence electrons. The first kappa shape index (κ1) is 15.3. The normalized spacial score (nSPS) is 9.52. The number of benzene rings is 3. The quantitative estimate of drug-likeness (QED) is 0.526. The molecule has 21 heavy (non-hydrogen) atoms. The van der Waals surface area contributed by atoms with Gasteiger partial charge < -0.3 is 0 Å². The van der Waals surface area contributed by atoms with E-state index in [1.165, 1.54) is 22.3 Å². The van der Waals surface area contributed by atoms with E-state index in [4.69, 9.17) is 0 Å². The van der Waals surface area contributed by atoms with E-state index in [2.05, 4.69) is 91.0 Å². The fraction of sp³-hybridized carbons (Fsp3) is 0. The summed E-state index contributed by atoms with van der Waals surface area (Å²) in [5.41, 5.74) is 4.94. The van der Waals surface area contributed by atoms with Crippen LogP contribution in [0.5, 0.6) is 0 Å². The highest BCUT2D eigenvalue weighted by atomic mass is 79.9. The molecular weight excluding hydrogens is 320 g/mol. The molecule has 0 aliphatic rings. The lowest BCUT2D eigenvalue weighted by Gasteiger charge is -2.08. The summed E-state index contributed by atoms with van der Waals surface area (Å²) in [7, 11) is 0. The summed E-state index contributed by atoms with van der Waals surface area (Å²) in [6.07, 6.45) is 2.24. The Morgan fingerprint density at radius 3 is 1.33 bits per heavy atom. The van der Waals surface area contributed by atoms with Crippen molar-refractivity contribution < 1.29 is 0 Å². The second-order valence-electron chi connectivity index (χ2n) is 4.70. The zero-order valence-corrected chi connectivity index (χ0v) is 13.4. The van der Waals surface area contributed by atoms with Crippen LogP contribution < -0.4 is 0 Å². The van der Waals surface area contributed by atoms with Crippen molar-refractivity contribution in [3.63, 3.8) is 0 Å². The van der Waals surface area contributed by atoms with Gasteiger partial charge in [0.25, 0.3) is 0 Å². The molecule has 0 aliphatic carbocycles. The molecular formula is C20H17Br. The van der Waals surface area contributed by atoms with Gasteiger partial charge in [0.05, 0.1) is 0 Å². The van der Waals surface area contributed by atoms with Gasteiger partial charge in [-0.25, -0.2) is 0 Å². The average molecular weight is 337 g/mol. The third-order valence-corrected chi connectivity index (χ3v) is 3.28. The Kier molecular flexibility index (Phi) is 5.53. The molecule has 0 fully saturated rings. The smallest absolute Gasteiger partial charge is 0.0105 e. The molecule has 0 unspecified atom stereocenters. The van der Waals surface area contributed by atoms with E-state index in [1.807, 2.05) is 6.07 Å². The van der Waals surface area contributed by atoms with Crippen LogP contribution in [0.25, 0.3) is 11.6 Å². The van der Waals surface area contributed by atoms with Crippen LogP contribution in [-0.4, -0.2) is 0 Å². The van der Waals surface area contributed by atoms with Gasteiger partial charge >= 0.3 is 0 Å². The molecule has 0 spiro atoms. The van der Waals surface area contributed by atoms with Crippen molar-refractivity contribution in [2.24, 2.45) is 0 Å². The topological polar surface area (TPSA) is 0 Å². The third-order valence-electron chi connectivity index (χ3n) is 3.28. The molecule has 0 saturated carbocycles. The Morgan fingerprint density at radius 1 is 0.524 bits per heavy atom. The monoisotopic (exact) mass is 336 g/mol. The molecule has 0 aliphatic heterocycles. The maximum Gasteiger partial charge on any atom is -0.0105 e. The molecule has 1 heteroatoms. The minimum Gasteiger partial charge on any atom is -0.114 e. The summed E-state index contributed by atoms with van der Waals surface area (Å²) >= 11 is 0. The van der Waals surface area contributed by atoms with E-state index >= 15 is 0 Å². The third kappa shape index (κ3) is 3.93. The molecule has 0 saturated heterocycles. The summed E-state index contributed by atoms with van der Waals surface area (Å²) < 4.78 is 0. The predicted octanol–water partition coefficient (Wildman–Crippen LogP) is 5.85. The molecule has 0 N–H and O–H groups in total. The first-order chi connectivity index (χ1) is 9.93. The van der Waals surface area contributed by atoms with Crippen LogP contribution in [0.2, 0.25) is 0 Å². The van der Waals surface area contributed by atoms with Gasteiger partial charge in [-0.1, -0.05) is 91.0 Å². The van der Waals surface area contributed by atoms with E-state index in [0.717, 1.165) is 0 Å². The molecule has 3 aromatic carbocycles. The SMILES string of the molecule is Br.C(=C(c1ccccc1)c1ccccc1)c1ccccc1. The van der Waals surface area contributed by atoms with Crippen LogP contribution in [0.4, 0.5) is 0 Å². The van der Waals surface area contributed by atoms with Gasteiger partial charge in [0, 0.05) is 0 Å². The van der Waals surface area contributed by atoms with Gasteiger partial charge in [-0.05, 0) is 28.3 Å². The summed E-state index contributed by atoms with van der Waals surface area (Å²) in [5.74, 6) is 0. The Hall–Kier alpha value is -2.12. The second-order valence-corrected chi connectivity index (χ2v) is 4.70. The standard InChI is InChI=1S/C20H16.BrH/c1-4-10-17(11-5-1)16-20(18-12-6-2-7-13-18)19-14-8-3-9-15-19;/h1-16H;1H. The van der Waals surface area contributed by atoms with Crippen LogP contribution >= 0.6 is 17.0 Å². The molecule has 0 radical (unpaired) electrons. The van der Waals surface area contributed by atoms with Crippen molar-refractivity contribution in [2.45, 2.75) is 0 Å². The number of rotatable bonds is 3. The Bertz CT molecular complexity index is 644. The predicted molar refractivity (Wildman–Crippen MR) is 96.6 cm³/mol. The van der Waals surface area contributed by atoms with Gasteiger partial charge in [-0.3, -0.25) is 0 Å². The zero-order chi connectivity index (χ0) is 13.6. The lowest BCUT2D eigenvalue weighted by molar-refractivity contribution is 1.55. The van der Waals surface area contributed by atoms with Crippen molar-refractivity contribution in [2.75, 3.05) is 0 Å². The molecule has 0 aromatic heterocycles. The summed E-state index contributed by atoms with van der Waals surface area (Å²) in [6, 6.07) is 31.5. The van der Waals surface area contributed by atoms with Crippen molar-refractivity contribution in [1.29, 1.82) is 0 Å². The second kappa shape index (κ2) is 7.61. The van der Waals surface area contributed by atoms with Crippen LogP contribution in [0.15, 0.2) is 91.0 Å². The van der Waals surface area contributed by atoms with E-state index < -0.39 is 0 Å². The summed E-state index contributed by atoms with van der Waals surface area (Å²) in [4.78, 5) is 0. The van der Waals surface area contributed by atoms with E-state index in [0.29, 0.717) is 0 Å². The molecule has 0 nitrogen and oxygen atoms in total. The van der Waals surface area contributed by atoms with E-state index in [9.17, 15) is 0 Å². The largest absolute Gasteiger partial charge is 0.114 e. The van der Waals surface area contributed by atoms with Gasteiger partial charge in [-0.2, -0.15) is 0 Å². The van der Waals surface area contributed by atoms with Crippen LogP contribution in [0.3, 0.4) is 0 Å². The highest BCUT2D eigenvalue weighted by molar-refractivity contribution is 8.93. The van der Waals surface area contributed by atoms with Crippen molar-refractivity contribution in [3.8, 4) is 0 Å². The maximum absolute atomic E-state index is 2.24. The van der Waals surface area contributed by atoms with Crippen molar-refractivity contribution in [3.05, 3.63) is 108 Å². The fourth-order valence-corrected chi connectivity index (χ4v) is 2.28. The lowest BCUT2D eigenvalue weighted by Crippen LogP contribution is -1.87. The molecule has 3 aromatic rings. The fourth-order valence-electron chi connectivity index (χ4n) is 2.28. The van der Waals surface area contributed by atoms with Crippen LogP contribution in [0, 0.1) is 0 Å². The minimum absolute atomic E-state index is 0. The molecule has 3 rings (SSSR count). The van der Waals surface area contributed by atoms with E-state index in [-0.39, 0.29) is 17.0 Å². The van der Waals surface area contributed by atoms with Gasteiger partial charge in [0.15, 0.2) is 0 Å². The average Bonchev–Trinajstić information content (AvgIpc) is 2.55. The first-order valence-corrected chi connectivity index (χ1v) is 6.81. The Morgan fingerprint density at radius 2 is 0.905 bits per heavy atom. The summed E-state index contributed by atoms with van der Waals surface area (Å²) in [5, 5.41) is 0. The maximum atomic E-state index is 2.24. The van der Waals surface area contributed by atoms with Crippen molar-refractivity contribution in [1.82, 2.24) is 0 Å². The van der Waals surface area contributed by atoms with Gasteiger partial charge in [-0.15, -0.1) is 17.0 Å². The van der Waals surface area contributed by atoms with Crippen LogP contribution in [0.1, 0.15) is 16.7 Å². The number of halogens is 1. The van der Waals surface area contributed by atoms with Crippen molar-refractivity contribution >= 4 is 28.6 Å². The molecule has 0 bridgehead atoms. The highest BCUT2D eigenvalue weighted by Gasteiger charge is 2.04. The van der Waals surface area contributed by atoms with Crippen LogP contribution in [-0.2, 0) is 0 Å². The minimum atomic E-state index is 0. The lowest BCUT2D eigenvalue weighted by atomic mass is 9.96. The molecule has 0 heterocycles. The summed E-state index contributed by atoms with van der Waals surface area (Å²) in [6.45, 7) is 0. The molecule has 0 atom stereocenters. The molecule has 0 amide bonds. The highest BCUT2D eigenvalue weighted by Crippen LogP contribution is 2.25.